The van der Waals surface area contributed by atoms with Crippen molar-refractivity contribution in [2.24, 2.45) is 5.73 Å². The van der Waals surface area contributed by atoms with Crippen molar-refractivity contribution in [1.82, 2.24) is 15.0 Å². The molecular weight excluding hydrogens is 515 g/mol. The standard InChI is InChI=1S/C26H28Cl2N6OS/c1-4-30-25-34-22(16-6-5-7-17(27)14-16)23(36-25)20-10-12-31-24(33-20)32-18-8-9-21(19(28)15-18)35-13-11-26(2,3)29/h5-10,12,14-15H,4,11,13,29H2,1-3H3,(H,30,34)(H,31,32,33). The number of hydrogen-bond acceptors (Lipinski definition) is 8. The molecule has 4 aromatic rings. The number of anilines is 3. The van der Waals surface area contributed by atoms with E-state index in [-0.39, 0.29) is 5.54 Å². The first kappa shape index (κ1) is 26.2. The van der Waals surface area contributed by atoms with Gasteiger partial charge in [0.25, 0.3) is 0 Å². The third kappa shape index (κ3) is 6.85. The van der Waals surface area contributed by atoms with Gasteiger partial charge in [0, 0.05) is 34.6 Å². The van der Waals surface area contributed by atoms with E-state index in [2.05, 4.69) is 15.6 Å². The summed E-state index contributed by atoms with van der Waals surface area (Å²) in [4.78, 5) is 14.8. The maximum atomic E-state index is 6.45. The highest BCUT2D eigenvalue weighted by Crippen LogP contribution is 2.39. The predicted molar refractivity (Wildman–Crippen MR) is 151 cm³/mol. The molecule has 2 aromatic heterocycles. The number of ether oxygens (including phenoxy) is 1. The summed E-state index contributed by atoms with van der Waals surface area (Å²) < 4.78 is 5.79. The van der Waals surface area contributed by atoms with Gasteiger partial charge < -0.3 is 21.1 Å². The average Bonchev–Trinajstić information content (AvgIpc) is 3.24. The smallest absolute Gasteiger partial charge is 0.227 e. The van der Waals surface area contributed by atoms with Crippen LogP contribution in [0.4, 0.5) is 16.8 Å². The summed E-state index contributed by atoms with van der Waals surface area (Å²) in [6.45, 7) is 7.21. The average molecular weight is 544 g/mol. The third-order valence-corrected chi connectivity index (χ3v) is 6.70. The van der Waals surface area contributed by atoms with E-state index < -0.39 is 0 Å². The van der Waals surface area contributed by atoms with Crippen molar-refractivity contribution in [3.8, 4) is 27.6 Å². The van der Waals surface area contributed by atoms with Crippen LogP contribution in [0, 0.1) is 0 Å². The molecule has 0 bridgehead atoms. The van der Waals surface area contributed by atoms with Gasteiger partial charge in [-0.15, -0.1) is 0 Å². The fraction of sp³-hybridized carbons (Fsp3) is 0.269. The van der Waals surface area contributed by atoms with Crippen LogP contribution in [0.3, 0.4) is 0 Å². The number of nitrogens with two attached hydrogens (primary N) is 1. The molecule has 0 unspecified atom stereocenters. The normalized spacial score (nSPS) is 11.4. The van der Waals surface area contributed by atoms with Gasteiger partial charge in [0.1, 0.15) is 5.75 Å². The van der Waals surface area contributed by atoms with Crippen LogP contribution in [-0.4, -0.2) is 33.6 Å². The number of aromatic nitrogens is 3. The van der Waals surface area contributed by atoms with Gasteiger partial charge in [-0.25, -0.2) is 15.0 Å². The van der Waals surface area contributed by atoms with Crippen molar-refractivity contribution < 1.29 is 4.74 Å². The number of nitrogens with zero attached hydrogens (tertiary/aromatic N) is 3. The van der Waals surface area contributed by atoms with Crippen molar-refractivity contribution >= 4 is 51.3 Å². The first-order valence-corrected chi connectivity index (χ1v) is 13.1. The number of benzene rings is 2. The van der Waals surface area contributed by atoms with E-state index in [1.807, 2.05) is 63.2 Å². The summed E-state index contributed by atoms with van der Waals surface area (Å²) in [7, 11) is 0. The molecule has 0 aliphatic rings. The van der Waals surface area contributed by atoms with Gasteiger partial charge in [-0.05, 0) is 63.6 Å². The van der Waals surface area contributed by atoms with E-state index in [1.54, 1.807) is 12.3 Å². The number of nitrogens with one attached hydrogen (secondary N) is 2. The van der Waals surface area contributed by atoms with Crippen LogP contribution in [0.2, 0.25) is 10.0 Å². The molecule has 0 aliphatic carbocycles. The first-order valence-electron chi connectivity index (χ1n) is 11.5. The van der Waals surface area contributed by atoms with Crippen LogP contribution in [0.15, 0.2) is 54.7 Å². The largest absolute Gasteiger partial charge is 0.492 e. The van der Waals surface area contributed by atoms with Gasteiger partial charge in [0.15, 0.2) is 5.13 Å². The second kappa shape index (κ2) is 11.4. The quantitative estimate of drug-likeness (QED) is 0.194. The molecule has 0 amide bonds. The Morgan fingerprint density at radius 3 is 2.64 bits per heavy atom. The topological polar surface area (TPSA) is 98.0 Å². The van der Waals surface area contributed by atoms with E-state index in [0.717, 1.165) is 39.2 Å². The molecule has 0 saturated carbocycles. The Labute approximate surface area is 225 Å². The zero-order valence-corrected chi connectivity index (χ0v) is 22.6. The van der Waals surface area contributed by atoms with E-state index in [0.29, 0.717) is 34.8 Å². The Hall–Kier alpha value is -2.91. The molecule has 10 heteroatoms. The highest BCUT2D eigenvalue weighted by Gasteiger charge is 2.17. The van der Waals surface area contributed by atoms with Gasteiger partial charge >= 0.3 is 0 Å². The lowest BCUT2D eigenvalue weighted by atomic mass is 10.0. The molecule has 7 nitrogen and oxygen atoms in total. The molecule has 4 N–H and O–H groups in total. The van der Waals surface area contributed by atoms with Crippen LogP contribution in [0.5, 0.6) is 5.75 Å². The van der Waals surface area contributed by atoms with Crippen LogP contribution < -0.4 is 21.1 Å². The van der Waals surface area contributed by atoms with E-state index in [4.69, 9.17) is 43.6 Å². The van der Waals surface area contributed by atoms with Crippen molar-refractivity contribution in [2.75, 3.05) is 23.8 Å². The molecule has 4 rings (SSSR count). The van der Waals surface area contributed by atoms with Crippen molar-refractivity contribution in [2.45, 2.75) is 32.7 Å². The Morgan fingerprint density at radius 1 is 1.08 bits per heavy atom. The molecular formula is C26H28Cl2N6OS. The molecule has 0 saturated heterocycles. The minimum Gasteiger partial charge on any atom is -0.492 e. The number of hydrogen-bond donors (Lipinski definition) is 3. The van der Waals surface area contributed by atoms with Crippen LogP contribution >= 0.6 is 34.5 Å². The van der Waals surface area contributed by atoms with Crippen LogP contribution in [0.1, 0.15) is 27.2 Å². The zero-order chi connectivity index (χ0) is 25.7. The fourth-order valence-electron chi connectivity index (χ4n) is 3.35. The summed E-state index contributed by atoms with van der Waals surface area (Å²) in [5.74, 6) is 1.05. The molecule has 2 aromatic carbocycles. The molecule has 0 atom stereocenters. The Bertz CT molecular complexity index is 1340. The Balaban J connectivity index is 1.57. The Kier molecular flexibility index (Phi) is 8.31. The van der Waals surface area contributed by atoms with Gasteiger partial charge in [0.2, 0.25) is 5.95 Å². The molecule has 0 radical (unpaired) electrons. The lowest BCUT2D eigenvalue weighted by Crippen LogP contribution is -2.33. The molecule has 36 heavy (non-hydrogen) atoms. The second-order valence-corrected chi connectivity index (χ2v) is 10.7. The van der Waals surface area contributed by atoms with Gasteiger partial charge in [0.05, 0.1) is 27.9 Å². The molecule has 188 valence electrons. The van der Waals surface area contributed by atoms with Crippen molar-refractivity contribution in [3.63, 3.8) is 0 Å². The molecule has 2 heterocycles. The highest BCUT2D eigenvalue weighted by atomic mass is 35.5. The second-order valence-electron chi connectivity index (χ2n) is 8.86. The SMILES string of the molecule is CCNc1nc(-c2cccc(Cl)c2)c(-c2ccnc(Nc3ccc(OCCC(C)(C)N)c(Cl)c3)n2)s1. The number of halogens is 2. The van der Waals surface area contributed by atoms with Crippen LogP contribution in [-0.2, 0) is 0 Å². The molecule has 0 spiro atoms. The summed E-state index contributed by atoms with van der Waals surface area (Å²) in [5, 5.41) is 8.48. The van der Waals surface area contributed by atoms with Gasteiger partial charge in [-0.2, -0.15) is 0 Å². The zero-order valence-electron chi connectivity index (χ0n) is 20.3. The summed E-state index contributed by atoms with van der Waals surface area (Å²) in [6, 6.07) is 15.0. The van der Waals surface area contributed by atoms with Crippen molar-refractivity contribution in [1.29, 1.82) is 0 Å². The van der Waals surface area contributed by atoms with E-state index in [1.165, 1.54) is 11.3 Å². The molecule has 0 fully saturated rings. The van der Waals surface area contributed by atoms with Crippen molar-refractivity contribution in [3.05, 3.63) is 64.8 Å². The summed E-state index contributed by atoms with van der Waals surface area (Å²) in [5.41, 5.74) is 8.95. The monoisotopic (exact) mass is 542 g/mol. The Morgan fingerprint density at radius 2 is 1.92 bits per heavy atom. The minimum atomic E-state index is -0.297. The number of rotatable bonds is 10. The van der Waals surface area contributed by atoms with E-state index >= 15 is 0 Å². The first-order chi connectivity index (χ1) is 17.2. The summed E-state index contributed by atoms with van der Waals surface area (Å²) in [6.07, 6.45) is 2.43. The van der Waals surface area contributed by atoms with Crippen LogP contribution in [0.25, 0.3) is 21.8 Å². The lowest BCUT2D eigenvalue weighted by molar-refractivity contribution is 0.274. The lowest BCUT2D eigenvalue weighted by Gasteiger charge is -2.18. The highest BCUT2D eigenvalue weighted by molar-refractivity contribution is 7.19. The minimum absolute atomic E-state index is 0.297. The molecule has 0 aliphatic heterocycles. The van der Waals surface area contributed by atoms with Gasteiger partial charge in [-0.3, -0.25) is 0 Å². The van der Waals surface area contributed by atoms with E-state index in [9.17, 15) is 0 Å². The fourth-order valence-corrected chi connectivity index (χ4v) is 4.80. The maximum absolute atomic E-state index is 6.45. The summed E-state index contributed by atoms with van der Waals surface area (Å²) >= 11 is 14.2. The number of thiazole rings is 1. The predicted octanol–water partition coefficient (Wildman–Crippen LogP) is 7.26. The maximum Gasteiger partial charge on any atom is 0.227 e. The van der Waals surface area contributed by atoms with Gasteiger partial charge in [-0.1, -0.05) is 46.7 Å². The third-order valence-electron chi connectivity index (χ3n) is 5.13.